The number of nitriles is 1. The molecule has 1 aromatic heterocycles. The summed E-state index contributed by atoms with van der Waals surface area (Å²) in [4.78, 5) is 31.1. The van der Waals surface area contributed by atoms with Crippen LogP contribution in [0.3, 0.4) is 0 Å². The second kappa shape index (κ2) is 12.0. The summed E-state index contributed by atoms with van der Waals surface area (Å²) in [5.74, 6) is -0.422. The van der Waals surface area contributed by atoms with Gasteiger partial charge < -0.3 is 10.2 Å². The molecule has 0 bridgehead atoms. The number of alkyl halides is 3. The summed E-state index contributed by atoms with van der Waals surface area (Å²) in [6.07, 6.45) is -0.471. The lowest BCUT2D eigenvalue weighted by Gasteiger charge is -2.47. The number of hydrogen-bond acceptors (Lipinski definition) is 6. The monoisotopic (exact) mass is 630 g/mol. The number of carbonyl (C=O) groups is 2. The van der Waals surface area contributed by atoms with Gasteiger partial charge in [0, 0.05) is 29.6 Å². The molecule has 3 aliphatic rings. The third kappa shape index (κ3) is 5.97. The molecule has 1 N–H and O–H groups in total. The van der Waals surface area contributed by atoms with Crippen molar-refractivity contribution in [1.29, 1.82) is 5.26 Å². The van der Waals surface area contributed by atoms with Crippen molar-refractivity contribution in [3.05, 3.63) is 52.8 Å². The predicted molar refractivity (Wildman–Crippen MR) is 162 cm³/mol. The van der Waals surface area contributed by atoms with Gasteiger partial charge in [0.1, 0.15) is 6.54 Å². The number of halogens is 3. The van der Waals surface area contributed by atoms with Crippen LogP contribution in [0.15, 0.2) is 30.3 Å². The van der Waals surface area contributed by atoms with Crippen LogP contribution in [0.2, 0.25) is 0 Å². The first kappa shape index (κ1) is 32.4. The molecule has 0 saturated carbocycles. The maximum absolute atomic E-state index is 14.3. The summed E-state index contributed by atoms with van der Waals surface area (Å²) in [5.41, 5.74) is -0.246. The molecule has 4 unspecified atom stereocenters. The molecule has 238 valence electrons. The van der Waals surface area contributed by atoms with Crippen LogP contribution in [0.1, 0.15) is 81.9 Å². The number of carbonyl (C=O) groups excluding carboxylic acids is 2. The Hall–Kier alpha value is -3.04. The molecule has 5 rings (SSSR count). The van der Waals surface area contributed by atoms with Crippen molar-refractivity contribution >= 4 is 23.6 Å². The van der Waals surface area contributed by atoms with E-state index in [0.29, 0.717) is 25.9 Å². The molecule has 2 saturated heterocycles. The third-order valence-electron chi connectivity index (χ3n) is 9.33. The van der Waals surface area contributed by atoms with Crippen molar-refractivity contribution in [2.45, 2.75) is 107 Å². The molecule has 3 heterocycles. The number of nitrogens with zero attached hydrogens (tertiary/aromatic N) is 5. The molecule has 12 heteroatoms. The summed E-state index contributed by atoms with van der Waals surface area (Å²) in [6.45, 7) is 10.2. The largest absolute Gasteiger partial charge is 0.435 e. The van der Waals surface area contributed by atoms with Gasteiger partial charge in [-0.25, -0.2) is 0 Å². The van der Waals surface area contributed by atoms with Gasteiger partial charge in [-0.2, -0.15) is 23.5 Å². The zero-order chi connectivity index (χ0) is 32.0. The topological polar surface area (TPSA) is 94.3 Å². The van der Waals surface area contributed by atoms with Gasteiger partial charge in [0.25, 0.3) is 5.91 Å². The lowest BCUT2D eigenvalue weighted by Crippen LogP contribution is -2.66. The standard InChI is InChI=1S/C32H41F3N6O2S/c1-20-17-26(32(33,34)35)38-40(20)18-27(42)39-15-13-23(14-16-39)28-41(30(3,4)5)31(19-36,21(2)44-28)29(43)37-25-12-8-10-22-9-6-7-11-24(22)25/h6-7,9,11,17,21,23,25,28H,8,10,12-16,18H2,1-5H3,(H,37,43). The first-order valence-corrected chi connectivity index (χ1v) is 16.3. The van der Waals surface area contributed by atoms with Crippen molar-refractivity contribution in [2.75, 3.05) is 13.1 Å². The maximum atomic E-state index is 14.3. The van der Waals surface area contributed by atoms with Crippen molar-refractivity contribution in [1.82, 2.24) is 24.9 Å². The lowest BCUT2D eigenvalue weighted by molar-refractivity contribution is -0.142. The highest BCUT2D eigenvalue weighted by Gasteiger charge is 2.62. The minimum Gasteiger partial charge on any atom is -0.347 e. The van der Waals surface area contributed by atoms with Crippen LogP contribution >= 0.6 is 11.8 Å². The van der Waals surface area contributed by atoms with Gasteiger partial charge in [0.05, 0.1) is 17.5 Å². The SMILES string of the molecule is Cc1cc(C(F)(F)F)nn1CC(=O)N1CCC(C2SC(C)C(C#N)(C(=O)NC3CCCc4ccccc43)N2C(C)(C)C)CC1. The van der Waals surface area contributed by atoms with Gasteiger partial charge in [-0.1, -0.05) is 24.3 Å². The number of hydrogen-bond donors (Lipinski definition) is 1. The summed E-state index contributed by atoms with van der Waals surface area (Å²) >= 11 is 1.65. The molecule has 44 heavy (non-hydrogen) atoms. The first-order chi connectivity index (χ1) is 20.7. The summed E-state index contributed by atoms with van der Waals surface area (Å²) < 4.78 is 40.4. The Morgan fingerprint density at radius 2 is 1.84 bits per heavy atom. The van der Waals surface area contributed by atoms with E-state index in [0.717, 1.165) is 35.6 Å². The molecule has 2 aromatic rings. The Kier molecular flexibility index (Phi) is 8.86. The Labute approximate surface area is 261 Å². The van der Waals surface area contributed by atoms with Crippen LogP contribution in [0, 0.1) is 24.2 Å². The van der Waals surface area contributed by atoms with Gasteiger partial charge in [-0.05, 0) is 89.8 Å². The van der Waals surface area contributed by atoms with E-state index in [9.17, 15) is 28.0 Å². The molecule has 2 aliphatic heterocycles. The predicted octanol–water partition coefficient (Wildman–Crippen LogP) is 5.47. The van der Waals surface area contributed by atoms with Crippen LogP contribution < -0.4 is 5.32 Å². The Morgan fingerprint density at radius 1 is 1.16 bits per heavy atom. The number of rotatable bonds is 5. The van der Waals surface area contributed by atoms with Gasteiger partial charge in [0.2, 0.25) is 11.4 Å². The molecule has 8 nitrogen and oxygen atoms in total. The average molecular weight is 631 g/mol. The summed E-state index contributed by atoms with van der Waals surface area (Å²) in [6, 6.07) is 11.5. The van der Waals surface area contributed by atoms with E-state index in [2.05, 4.69) is 33.5 Å². The number of nitrogens with one attached hydrogen (secondary N) is 1. The van der Waals surface area contributed by atoms with Gasteiger partial charge >= 0.3 is 6.18 Å². The molecule has 2 fully saturated rings. The molecule has 0 spiro atoms. The van der Waals surface area contributed by atoms with Gasteiger partial charge in [0.15, 0.2) is 5.69 Å². The fraction of sp³-hybridized carbons (Fsp3) is 0.625. The van der Waals surface area contributed by atoms with E-state index in [1.807, 2.05) is 39.8 Å². The molecule has 2 amide bonds. The quantitative estimate of drug-likeness (QED) is 0.471. The molecule has 4 atom stereocenters. The number of aryl methyl sites for hydroxylation is 2. The number of fused-ring (bicyclic) bond motifs is 1. The van der Waals surface area contributed by atoms with E-state index >= 15 is 0 Å². The minimum absolute atomic E-state index is 0.117. The molecule has 1 aromatic carbocycles. The van der Waals surface area contributed by atoms with E-state index in [1.165, 1.54) is 12.5 Å². The number of amides is 2. The Balaban J connectivity index is 1.30. The molecule has 1 aliphatic carbocycles. The van der Waals surface area contributed by atoms with Crippen molar-refractivity contribution in [2.24, 2.45) is 5.92 Å². The Morgan fingerprint density at radius 3 is 2.45 bits per heavy atom. The Bertz CT molecular complexity index is 1440. The van der Waals surface area contributed by atoms with Crippen molar-refractivity contribution in [3.63, 3.8) is 0 Å². The van der Waals surface area contributed by atoms with Crippen LogP contribution in [-0.4, -0.2) is 66.2 Å². The van der Waals surface area contributed by atoms with E-state index in [1.54, 1.807) is 16.7 Å². The third-order valence-corrected chi connectivity index (χ3v) is 11.0. The zero-order valence-electron chi connectivity index (χ0n) is 25.9. The van der Waals surface area contributed by atoms with Gasteiger partial charge in [-0.3, -0.25) is 19.2 Å². The fourth-order valence-corrected chi connectivity index (χ4v) is 9.12. The second-order valence-corrected chi connectivity index (χ2v) is 14.7. The normalized spacial score (nSPS) is 26.7. The highest BCUT2D eigenvalue weighted by molar-refractivity contribution is 8.00. The number of thioether (sulfide) groups is 1. The van der Waals surface area contributed by atoms with Crippen LogP contribution in [-0.2, 0) is 28.7 Å². The maximum Gasteiger partial charge on any atom is 0.435 e. The number of aromatic nitrogens is 2. The molecular formula is C32H41F3N6O2S. The fourth-order valence-electron chi connectivity index (χ4n) is 7.13. The van der Waals surface area contributed by atoms with E-state index in [-0.39, 0.29) is 46.6 Å². The number of benzene rings is 1. The van der Waals surface area contributed by atoms with Crippen LogP contribution in [0.4, 0.5) is 13.2 Å². The minimum atomic E-state index is -4.57. The lowest BCUT2D eigenvalue weighted by atomic mass is 9.83. The van der Waals surface area contributed by atoms with Crippen LogP contribution in [0.25, 0.3) is 0 Å². The van der Waals surface area contributed by atoms with E-state index < -0.39 is 22.9 Å². The smallest absolute Gasteiger partial charge is 0.347 e. The average Bonchev–Trinajstić information content (AvgIpc) is 3.50. The highest BCUT2D eigenvalue weighted by Crippen LogP contribution is 2.51. The number of piperidine rings is 1. The van der Waals surface area contributed by atoms with Crippen LogP contribution in [0.5, 0.6) is 0 Å². The zero-order valence-corrected chi connectivity index (χ0v) is 26.8. The second-order valence-electron chi connectivity index (χ2n) is 13.2. The summed E-state index contributed by atoms with van der Waals surface area (Å²) in [7, 11) is 0. The van der Waals surface area contributed by atoms with Gasteiger partial charge in [-0.15, -0.1) is 11.8 Å². The molecular weight excluding hydrogens is 589 g/mol. The highest BCUT2D eigenvalue weighted by atomic mass is 32.2. The first-order valence-electron chi connectivity index (χ1n) is 15.3. The number of likely N-dealkylation sites (tertiary alicyclic amines) is 1. The molecule has 0 radical (unpaired) electrons. The van der Waals surface area contributed by atoms with Crippen molar-refractivity contribution in [3.8, 4) is 6.07 Å². The van der Waals surface area contributed by atoms with E-state index in [4.69, 9.17) is 0 Å². The summed E-state index contributed by atoms with van der Waals surface area (Å²) in [5, 5.41) is 17.2. The van der Waals surface area contributed by atoms with Crippen molar-refractivity contribution < 1.29 is 22.8 Å².